The molecule has 0 aliphatic carbocycles. The zero-order chi connectivity index (χ0) is 12.7. The molecule has 1 aliphatic heterocycles. The molecule has 0 spiro atoms. The van der Waals surface area contributed by atoms with Crippen molar-refractivity contribution >= 4 is 5.97 Å². The minimum Gasteiger partial charge on any atom is -0.463 e. The van der Waals surface area contributed by atoms with E-state index in [1.165, 1.54) is 6.08 Å². The minimum absolute atomic E-state index is 0.242. The Morgan fingerprint density at radius 1 is 1.29 bits per heavy atom. The van der Waals surface area contributed by atoms with Gasteiger partial charge in [0.15, 0.2) is 0 Å². The summed E-state index contributed by atoms with van der Waals surface area (Å²) in [5, 5.41) is 0. The first-order valence-electron chi connectivity index (χ1n) is 6.43. The van der Waals surface area contributed by atoms with E-state index in [4.69, 9.17) is 4.74 Å². The third kappa shape index (κ3) is 5.33. The van der Waals surface area contributed by atoms with Crippen LogP contribution >= 0.6 is 0 Å². The van der Waals surface area contributed by atoms with Gasteiger partial charge in [0.1, 0.15) is 0 Å². The summed E-state index contributed by atoms with van der Waals surface area (Å²) in [4.78, 5) is 15.9. The quantitative estimate of drug-likeness (QED) is 0.533. The van der Waals surface area contributed by atoms with Crippen LogP contribution in [0, 0.1) is 0 Å². The molecule has 0 radical (unpaired) electrons. The van der Waals surface area contributed by atoms with Gasteiger partial charge in [0.2, 0.25) is 0 Å². The van der Waals surface area contributed by atoms with Crippen molar-refractivity contribution in [1.29, 1.82) is 0 Å². The second-order valence-corrected chi connectivity index (χ2v) is 4.58. The van der Waals surface area contributed by atoms with Gasteiger partial charge in [-0.1, -0.05) is 6.08 Å². The largest absolute Gasteiger partial charge is 0.463 e. The second-order valence-electron chi connectivity index (χ2n) is 4.58. The number of rotatable bonds is 5. The summed E-state index contributed by atoms with van der Waals surface area (Å²) in [6.45, 7) is 11.9. The van der Waals surface area contributed by atoms with Gasteiger partial charge in [-0.3, -0.25) is 9.80 Å². The Kier molecular flexibility index (Phi) is 6.22. The van der Waals surface area contributed by atoms with Gasteiger partial charge in [-0.05, 0) is 20.8 Å². The van der Waals surface area contributed by atoms with Crippen LogP contribution in [-0.4, -0.2) is 61.1 Å². The van der Waals surface area contributed by atoms with Crippen LogP contribution in [0.2, 0.25) is 0 Å². The molecule has 0 aromatic carbocycles. The highest BCUT2D eigenvalue weighted by atomic mass is 16.5. The molecule has 4 nitrogen and oxygen atoms in total. The fraction of sp³-hybridized carbons (Fsp3) is 0.769. The lowest BCUT2D eigenvalue weighted by Crippen LogP contribution is -2.48. The van der Waals surface area contributed by atoms with Crippen molar-refractivity contribution in [3.8, 4) is 0 Å². The van der Waals surface area contributed by atoms with Gasteiger partial charge in [-0.25, -0.2) is 4.79 Å². The molecular formula is C13H24N2O2. The maximum absolute atomic E-state index is 11.1. The normalized spacial score (nSPS) is 19.1. The maximum atomic E-state index is 11.1. The monoisotopic (exact) mass is 240 g/mol. The maximum Gasteiger partial charge on any atom is 0.330 e. The number of esters is 1. The zero-order valence-electron chi connectivity index (χ0n) is 11.2. The molecule has 0 bridgehead atoms. The van der Waals surface area contributed by atoms with Crippen molar-refractivity contribution in [2.75, 3.05) is 39.3 Å². The van der Waals surface area contributed by atoms with Gasteiger partial charge in [0, 0.05) is 44.8 Å². The van der Waals surface area contributed by atoms with E-state index < -0.39 is 0 Å². The molecule has 0 unspecified atom stereocenters. The molecule has 0 atom stereocenters. The molecule has 1 fully saturated rings. The lowest BCUT2D eigenvalue weighted by molar-refractivity contribution is -0.137. The number of carbonyl (C=O) groups excluding carboxylic acids is 1. The van der Waals surface area contributed by atoms with Crippen LogP contribution in [0.4, 0.5) is 0 Å². The van der Waals surface area contributed by atoms with Gasteiger partial charge in [0.25, 0.3) is 0 Å². The molecule has 0 amide bonds. The summed E-state index contributed by atoms with van der Waals surface area (Å²) in [5.41, 5.74) is 0. The fourth-order valence-corrected chi connectivity index (χ4v) is 1.95. The Labute approximate surface area is 104 Å². The number of hydrogen-bond donors (Lipinski definition) is 0. The lowest BCUT2D eigenvalue weighted by Gasteiger charge is -2.36. The highest BCUT2D eigenvalue weighted by Gasteiger charge is 2.17. The van der Waals surface area contributed by atoms with Crippen LogP contribution in [0.5, 0.6) is 0 Å². The van der Waals surface area contributed by atoms with Crippen molar-refractivity contribution in [1.82, 2.24) is 9.80 Å². The first-order chi connectivity index (χ1) is 8.13. The van der Waals surface area contributed by atoms with Crippen LogP contribution in [0.3, 0.4) is 0 Å². The summed E-state index contributed by atoms with van der Waals surface area (Å²) >= 11 is 0. The van der Waals surface area contributed by atoms with E-state index in [2.05, 4.69) is 23.6 Å². The minimum atomic E-state index is -0.242. The van der Waals surface area contributed by atoms with E-state index >= 15 is 0 Å². The molecule has 1 saturated heterocycles. The van der Waals surface area contributed by atoms with Gasteiger partial charge in [0.05, 0.1) is 6.61 Å². The number of piperazine rings is 1. The first-order valence-corrected chi connectivity index (χ1v) is 6.43. The molecule has 1 rings (SSSR count). The molecule has 0 N–H and O–H groups in total. The highest BCUT2D eigenvalue weighted by Crippen LogP contribution is 2.05. The Balaban J connectivity index is 2.20. The second kappa shape index (κ2) is 7.45. The van der Waals surface area contributed by atoms with Gasteiger partial charge in [-0.15, -0.1) is 0 Å². The topological polar surface area (TPSA) is 32.8 Å². The van der Waals surface area contributed by atoms with Crippen LogP contribution in [-0.2, 0) is 9.53 Å². The van der Waals surface area contributed by atoms with E-state index in [0.717, 1.165) is 32.7 Å². The molecule has 0 saturated carbocycles. The molecule has 4 heteroatoms. The Morgan fingerprint density at radius 2 is 1.94 bits per heavy atom. The van der Waals surface area contributed by atoms with Gasteiger partial charge < -0.3 is 4.74 Å². The van der Waals surface area contributed by atoms with E-state index in [-0.39, 0.29) is 5.97 Å². The standard InChI is InChI=1S/C13H24N2O2/c1-4-17-13(16)6-5-7-14-8-10-15(11-9-14)12(2)3/h5-6,12H,4,7-11H2,1-3H3/b6-5+. The Hall–Kier alpha value is -0.870. The van der Waals surface area contributed by atoms with Crippen LogP contribution < -0.4 is 0 Å². The third-order valence-electron chi connectivity index (χ3n) is 3.04. The predicted molar refractivity (Wildman–Crippen MR) is 68.9 cm³/mol. The van der Waals surface area contributed by atoms with E-state index in [1.807, 2.05) is 13.0 Å². The Morgan fingerprint density at radius 3 is 2.47 bits per heavy atom. The average molecular weight is 240 g/mol. The van der Waals surface area contributed by atoms with Crippen molar-refractivity contribution in [2.45, 2.75) is 26.8 Å². The molecular weight excluding hydrogens is 216 g/mol. The zero-order valence-corrected chi connectivity index (χ0v) is 11.2. The van der Waals surface area contributed by atoms with Crippen molar-refractivity contribution in [2.24, 2.45) is 0 Å². The van der Waals surface area contributed by atoms with Crippen molar-refractivity contribution < 1.29 is 9.53 Å². The van der Waals surface area contributed by atoms with Crippen LogP contribution in [0.25, 0.3) is 0 Å². The van der Waals surface area contributed by atoms with Gasteiger partial charge in [-0.2, -0.15) is 0 Å². The predicted octanol–water partition coefficient (Wildman–Crippen LogP) is 1.13. The van der Waals surface area contributed by atoms with Gasteiger partial charge >= 0.3 is 5.97 Å². The number of carbonyl (C=O) groups is 1. The lowest BCUT2D eigenvalue weighted by atomic mass is 10.2. The van der Waals surface area contributed by atoms with E-state index in [0.29, 0.717) is 12.6 Å². The molecule has 17 heavy (non-hydrogen) atoms. The third-order valence-corrected chi connectivity index (χ3v) is 3.04. The molecule has 1 heterocycles. The SMILES string of the molecule is CCOC(=O)/C=C/CN1CCN(C(C)C)CC1. The van der Waals surface area contributed by atoms with E-state index in [9.17, 15) is 4.79 Å². The summed E-state index contributed by atoms with van der Waals surface area (Å²) in [7, 11) is 0. The molecule has 0 aromatic rings. The highest BCUT2D eigenvalue weighted by molar-refractivity contribution is 5.81. The molecule has 98 valence electrons. The van der Waals surface area contributed by atoms with E-state index in [1.54, 1.807) is 0 Å². The van der Waals surface area contributed by atoms with Crippen LogP contribution in [0.15, 0.2) is 12.2 Å². The fourth-order valence-electron chi connectivity index (χ4n) is 1.95. The Bertz CT molecular complexity index is 256. The smallest absolute Gasteiger partial charge is 0.330 e. The average Bonchev–Trinajstić information content (AvgIpc) is 2.30. The van der Waals surface area contributed by atoms with Crippen LogP contribution in [0.1, 0.15) is 20.8 Å². The molecule has 0 aromatic heterocycles. The number of nitrogens with zero attached hydrogens (tertiary/aromatic N) is 2. The van der Waals surface area contributed by atoms with Crippen molar-refractivity contribution in [3.63, 3.8) is 0 Å². The summed E-state index contributed by atoms with van der Waals surface area (Å²) < 4.78 is 4.83. The summed E-state index contributed by atoms with van der Waals surface area (Å²) in [6.07, 6.45) is 3.42. The summed E-state index contributed by atoms with van der Waals surface area (Å²) in [6, 6.07) is 0.632. The van der Waals surface area contributed by atoms with Crippen molar-refractivity contribution in [3.05, 3.63) is 12.2 Å². The molecule has 1 aliphatic rings. The first kappa shape index (κ1) is 14.2. The number of hydrogen-bond acceptors (Lipinski definition) is 4. The summed E-state index contributed by atoms with van der Waals surface area (Å²) in [5.74, 6) is -0.242. The number of ether oxygens (including phenoxy) is 1.